The third kappa shape index (κ3) is 4.59. The third-order valence-electron chi connectivity index (χ3n) is 7.76. The van der Waals surface area contributed by atoms with Crippen molar-refractivity contribution in [3.05, 3.63) is 178 Å². The first-order chi connectivity index (χ1) is 20.6. The molecular formula is C36H26Cl2N4. The fraction of sp³-hybridized carbons (Fsp3) is 0.0556. The van der Waals surface area contributed by atoms with Gasteiger partial charge in [0, 0.05) is 17.8 Å². The highest BCUT2D eigenvalue weighted by atomic mass is 35.5. The Kier molecular flexibility index (Phi) is 6.87. The van der Waals surface area contributed by atoms with Crippen LogP contribution in [0, 0.1) is 0 Å². The first-order valence-corrected chi connectivity index (χ1v) is 14.5. The van der Waals surface area contributed by atoms with E-state index in [4.69, 9.17) is 28.2 Å². The number of rotatable bonds is 7. The summed E-state index contributed by atoms with van der Waals surface area (Å²) in [6.07, 6.45) is 4.07. The molecule has 4 nitrogen and oxygen atoms in total. The second-order valence-corrected chi connectivity index (χ2v) is 11.1. The van der Waals surface area contributed by atoms with Crippen molar-refractivity contribution in [1.29, 1.82) is 0 Å². The van der Waals surface area contributed by atoms with E-state index < -0.39 is 5.54 Å². The summed E-state index contributed by atoms with van der Waals surface area (Å²) in [6.45, 7) is 0.608. The maximum absolute atomic E-state index is 6.35. The van der Waals surface area contributed by atoms with Gasteiger partial charge in [-0.2, -0.15) is 0 Å². The van der Waals surface area contributed by atoms with Crippen molar-refractivity contribution in [3.63, 3.8) is 0 Å². The second-order valence-electron chi connectivity index (χ2n) is 10.3. The van der Waals surface area contributed by atoms with Gasteiger partial charge in [0.1, 0.15) is 16.4 Å². The van der Waals surface area contributed by atoms with Crippen LogP contribution in [0.5, 0.6) is 0 Å². The van der Waals surface area contributed by atoms with Crippen LogP contribution >= 0.6 is 23.2 Å². The van der Waals surface area contributed by atoms with Crippen molar-refractivity contribution in [3.8, 4) is 11.4 Å². The lowest BCUT2D eigenvalue weighted by Gasteiger charge is -2.37. The van der Waals surface area contributed by atoms with Crippen LogP contribution in [-0.4, -0.2) is 19.1 Å². The van der Waals surface area contributed by atoms with Gasteiger partial charge in [-0.05, 0) is 52.6 Å². The molecular weight excluding hydrogens is 559 g/mol. The molecule has 204 valence electrons. The van der Waals surface area contributed by atoms with Crippen molar-refractivity contribution >= 4 is 34.2 Å². The van der Waals surface area contributed by atoms with Gasteiger partial charge in [0.2, 0.25) is 0 Å². The van der Waals surface area contributed by atoms with Gasteiger partial charge >= 0.3 is 0 Å². The zero-order valence-corrected chi connectivity index (χ0v) is 24.1. The van der Waals surface area contributed by atoms with E-state index in [1.165, 1.54) is 0 Å². The number of fused-ring (bicyclic) bond motifs is 1. The van der Waals surface area contributed by atoms with Crippen molar-refractivity contribution in [2.75, 3.05) is 0 Å². The molecule has 0 N–H and O–H groups in total. The molecule has 0 aliphatic carbocycles. The standard InChI is InChI=1S/C36H26Cl2N4/c37-30-18-10-11-26(21-30)23-42-33-19-20-35(38)40-31(33)22-34(42)32-24-41(25-39-32)36(27-12-4-1-5-13-27,28-14-6-2-7-15-28)29-16-8-3-9-17-29/h1-22,24-25H,23H2. The number of imidazole rings is 1. The number of nitrogens with zero attached hydrogens (tertiary/aromatic N) is 4. The molecule has 0 atom stereocenters. The number of aromatic nitrogens is 4. The first kappa shape index (κ1) is 26.3. The van der Waals surface area contributed by atoms with Gasteiger partial charge in [0.15, 0.2) is 0 Å². The van der Waals surface area contributed by atoms with Gasteiger partial charge < -0.3 is 9.13 Å². The summed E-state index contributed by atoms with van der Waals surface area (Å²) in [5, 5.41) is 1.16. The molecule has 0 spiro atoms. The third-order valence-corrected chi connectivity index (χ3v) is 8.21. The summed E-state index contributed by atoms with van der Waals surface area (Å²) < 4.78 is 4.45. The Labute approximate surface area is 254 Å². The number of hydrogen-bond acceptors (Lipinski definition) is 2. The van der Waals surface area contributed by atoms with E-state index >= 15 is 0 Å². The molecule has 0 radical (unpaired) electrons. The van der Waals surface area contributed by atoms with Gasteiger partial charge in [-0.3, -0.25) is 0 Å². The van der Waals surface area contributed by atoms with Crippen LogP contribution < -0.4 is 0 Å². The van der Waals surface area contributed by atoms with Gasteiger partial charge in [0.05, 0.1) is 23.1 Å². The lowest BCUT2D eigenvalue weighted by Crippen LogP contribution is -2.36. The molecule has 0 aliphatic rings. The molecule has 0 fully saturated rings. The van der Waals surface area contributed by atoms with Crippen LogP contribution in [-0.2, 0) is 12.1 Å². The fourth-order valence-corrected chi connectivity index (χ4v) is 6.31. The molecule has 3 aromatic heterocycles. The number of benzene rings is 4. The quantitative estimate of drug-likeness (QED) is 0.138. The van der Waals surface area contributed by atoms with Crippen LogP contribution in [0.2, 0.25) is 10.2 Å². The maximum Gasteiger partial charge on any atom is 0.129 e. The fourth-order valence-electron chi connectivity index (χ4n) is 5.94. The monoisotopic (exact) mass is 584 g/mol. The van der Waals surface area contributed by atoms with Crippen LogP contribution in [0.25, 0.3) is 22.4 Å². The van der Waals surface area contributed by atoms with Crippen LogP contribution in [0.1, 0.15) is 22.3 Å². The van der Waals surface area contributed by atoms with E-state index in [2.05, 4.69) is 123 Å². The van der Waals surface area contributed by atoms with Crippen molar-refractivity contribution in [2.45, 2.75) is 12.1 Å². The zero-order valence-electron chi connectivity index (χ0n) is 22.6. The predicted octanol–water partition coefficient (Wildman–Crippen LogP) is 9.10. The average Bonchev–Trinajstić information content (AvgIpc) is 3.65. The Bertz CT molecular complexity index is 1880. The van der Waals surface area contributed by atoms with Crippen molar-refractivity contribution in [1.82, 2.24) is 19.1 Å². The second kappa shape index (κ2) is 11.0. The molecule has 0 unspecified atom stereocenters. The van der Waals surface area contributed by atoms with Crippen molar-refractivity contribution < 1.29 is 0 Å². The molecule has 6 heteroatoms. The van der Waals surface area contributed by atoms with Crippen LogP contribution in [0.3, 0.4) is 0 Å². The predicted molar refractivity (Wildman–Crippen MR) is 171 cm³/mol. The van der Waals surface area contributed by atoms with Crippen molar-refractivity contribution in [2.24, 2.45) is 0 Å². The Morgan fingerprint density at radius 2 is 1.26 bits per heavy atom. The minimum absolute atomic E-state index is 0.454. The smallest absolute Gasteiger partial charge is 0.129 e. The Morgan fingerprint density at radius 3 is 1.86 bits per heavy atom. The van der Waals surface area contributed by atoms with E-state index in [0.29, 0.717) is 16.7 Å². The minimum Gasteiger partial charge on any atom is -0.333 e. The largest absolute Gasteiger partial charge is 0.333 e. The van der Waals surface area contributed by atoms with Gasteiger partial charge in [-0.1, -0.05) is 126 Å². The Hall–Kier alpha value is -4.64. The molecule has 3 heterocycles. The topological polar surface area (TPSA) is 35.6 Å². The highest BCUT2D eigenvalue weighted by molar-refractivity contribution is 6.30. The van der Waals surface area contributed by atoms with E-state index in [0.717, 1.165) is 44.7 Å². The van der Waals surface area contributed by atoms with Gasteiger partial charge in [0.25, 0.3) is 0 Å². The Balaban J connectivity index is 1.46. The van der Waals surface area contributed by atoms with Crippen LogP contribution in [0.15, 0.2) is 146 Å². The molecule has 7 aromatic rings. The summed E-state index contributed by atoms with van der Waals surface area (Å²) in [5.41, 5.74) is 7.42. The molecule has 4 aromatic carbocycles. The molecule has 42 heavy (non-hydrogen) atoms. The average molecular weight is 586 g/mol. The zero-order chi connectivity index (χ0) is 28.5. The summed E-state index contributed by atoms with van der Waals surface area (Å²) in [6, 6.07) is 45.6. The molecule has 0 bridgehead atoms. The van der Waals surface area contributed by atoms with E-state index in [9.17, 15) is 0 Å². The van der Waals surface area contributed by atoms with Gasteiger partial charge in [-0.25, -0.2) is 9.97 Å². The van der Waals surface area contributed by atoms with Crippen LogP contribution in [0.4, 0.5) is 0 Å². The minimum atomic E-state index is -0.652. The Morgan fingerprint density at radius 1 is 0.643 bits per heavy atom. The molecule has 0 saturated heterocycles. The van der Waals surface area contributed by atoms with Gasteiger partial charge in [-0.15, -0.1) is 0 Å². The molecule has 7 rings (SSSR count). The SMILES string of the molecule is Clc1cccc(Cn2c(-c3cn(C(c4ccccc4)(c4ccccc4)c4ccccc4)cn3)cc3nc(Cl)ccc32)c1. The molecule has 0 saturated carbocycles. The van der Waals surface area contributed by atoms with E-state index in [1.54, 1.807) is 0 Å². The highest BCUT2D eigenvalue weighted by Gasteiger charge is 2.38. The summed E-state index contributed by atoms with van der Waals surface area (Å²) in [4.78, 5) is 9.65. The normalized spacial score (nSPS) is 11.7. The summed E-state index contributed by atoms with van der Waals surface area (Å²) >= 11 is 12.7. The number of halogens is 2. The maximum atomic E-state index is 6.35. The highest BCUT2D eigenvalue weighted by Crippen LogP contribution is 2.41. The lowest BCUT2D eigenvalue weighted by atomic mass is 9.77. The summed E-state index contributed by atoms with van der Waals surface area (Å²) in [5.74, 6) is 0. The van der Waals surface area contributed by atoms with E-state index in [-0.39, 0.29) is 0 Å². The lowest BCUT2D eigenvalue weighted by molar-refractivity contribution is 0.515. The molecule has 0 aliphatic heterocycles. The number of pyridine rings is 1. The molecule has 0 amide bonds. The first-order valence-electron chi connectivity index (χ1n) is 13.7. The van der Waals surface area contributed by atoms with E-state index in [1.807, 2.05) is 36.7 Å². The number of hydrogen-bond donors (Lipinski definition) is 0. The summed E-state index contributed by atoms with van der Waals surface area (Å²) in [7, 11) is 0.